The summed E-state index contributed by atoms with van der Waals surface area (Å²) in [6.45, 7) is -0.497. The van der Waals surface area contributed by atoms with Gasteiger partial charge in [0.1, 0.15) is 22.8 Å². The predicted octanol–water partition coefficient (Wildman–Crippen LogP) is 1.72. The molecular formula is C29H29F2N3O7. The molecule has 41 heavy (non-hydrogen) atoms. The highest BCUT2D eigenvalue weighted by Gasteiger charge is 2.63. The van der Waals surface area contributed by atoms with Crippen LogP contribution < -0.4 is 5.73 Å². The number of hydrogen-bond donors (Lipinski definition) is 5. The first-order chi connectivity index (χ1) is 19.2. The summed E-state index contributed by atoms with van der Waals surface area (Å²) >= 11 is 0. The van der Waals surface area contributed by atoms with E-state index in [-0.39, 0.29) is 49.4 Å². The fourth-order valence-electron chi connectivity index (χ4n) is 7.14. The molecule has 2 aromatic carbocycles. The summed E-state index contributed by atoms with van der Waals surface area (Å²) in [5.41, 5.74) is 2.62. The van der Waals surface area contributed by atoms with Crippen LogP contribution in [0.3, 0.4) is 0 Å². The van der Waals surface area contributed by atoms with E-state index in [1.165, 1.54) is 4.90 Å². The van der Waals surface area contributed by atoms with Gasteiger partial charge in [-0.1, -0.05) is 18.2 Å². The Morgan fingerprint density at radius 2 is 1.83 bits per heavy atom. The number of fused-ring (bicyclic) bond motifs is 4. The number of ketones is 2. The number of amides is 1. The number of aromatic hydroxyl groups is 1. The summed E-state index contributed by atoms with van der Waals surface area (Å²) in [6.07, 6.45) is 0.187. The Morgan fingerprint density at radius 3 is 2.44 bits per heavy atom. The number of alkyl halides is 2. The zero-order valence-electron chi connectivity index (χ0n) is 22.3. The minimum absolute atomic E-state index is 0.00394. The van der Waals surface area contributed by atoms with Gasteiger partial charge in [0.05, 0.1) is 24.7 Å². The zero-order valence-corrected chi connectivity index (χ0v) is 22.3. The lowest BCUT2D eigenvalue weighted by molar-refractivity contribution is -0.148. The second-order valence-corrected chi connectivity index (χ2v) is 11.8. The van der Waals surface area contributed by atoms with Gasteiger partial charge in [-0.25, -0.2) is 8.78 Å². The number of aliphatic hydroxyl groups is 3. The summed E-state index contributed by atoms with van der Waals surface area (Å²) in [5.74, 6) is -9.75. The molecule has 1 aliphatic heterocycles. The highest BCUT2D eigenvalue weighted by molar-refractivity contribution is 6.25. The number of primary amides is 1. The number of hydrogen-bond acceptors (Lipinski definition) is 9. The highest BCUT2D eigenvalue weighted by Crippen LogP contribution is 2.52. The summed E-state index contributed by atoms with van der Waals surface area (Å²) in [4.78, 5) is 42.4. The number of nitrogens with zero attached hydrogens (tertiary/aromatic N) is 2. The molecule has 4 aliphatic rings. The molecule has 2 aromatic rings. The maximum absolute atomic E-state index is 13.9. The quantitative estimate of drug-likeness (QED) is 0.345. The zero-order chi connectivity index (χ0) is 29.8. The van der Waals surface area contributed by atoms with Gasteiger partial charge in [-0.3, -0.25) is 24.2 Å². The van der Waals surface area contributed by atoms with Gasteiger partial charge in [-0.2, -0.15) is 0 Å². The first-order valence-electron chi connectivity index (χ1n) is 13.2. The molecule has 12 heteroatoms. The molecule has 4 atom stereocenters. The summed E-state index contributed by atoms with van der Waals surface area (Å²) in [6, 6.07) is 5.82. The van der Waals surface area contributed by atoms with E-state index in [9.17, 15) is 43.6 Å². The maximum Gasteiger partial charge on any atom is 0.272 e. The average Bonchev–Trinajstić information content (AvgIpc) is 2.85. The monoisotopic (exact) mass is 569 g/mol. The third-order valence-corrected chi connectivity index (χ3v) is 8.91. The van der Waals surface area contributed by atoms with Crippen molar-refractivity contribution in [1.82, 2.24) is 9.80 Å². The van der Waals surface area contributed by atoms with E-state index in [0.717, 1.165) is 0 Å². The lowest BCUT2D eigenvalue weighted by Crippen LogP contribution is -2.63. The second-order valence-electron chi connectivity index (χ2n) is 11.8. The smallest absolute Gasteiger partial charge is 0.272 e. The summed E-state index contributed by atoms with van der Waals surface area (Å²) in [7, 11) is 3.14. The standard InChI is InChI=1S/C29H29F2N3O7/c1-33(2)21-17-8-15-7-14-6-13-4-3-12(9-34-10-28(30,31)11-34)5-16(13)22(35)18(14)23(36)19(15)25(38)29(17,41)26(39)20(24(21)37)27(32)40/h3-6,15,17,21,35,37-38,41H,7-11H2,1-2H3,(H2,32,40)/t15-,17-,21-,29-/m0/s1. The molecule has 0 unspecified atom stereocenters. The molecule has 6 N–H and O–H groups in total. The van der Waals surface area contributed by atoms with Crippen LogP contribution in [0.2, 0.25) is 0 Å². The van der Waals surface area contributed by atoms with Crippen molar-refractivity contribution in [2.45, 2.75) is 37.0 Å². The van der Waals surface area contributed by atoms with Gasteiger partial charge < -0.3 is 26.2 Å². The van der Waals surface area contributed by atoms with Crippen molar-refractivity contribution in [2.75, 3.05) is 27.2 Å². The third-order valence-electron chi connectivity index (χ3n) is 8.91. The number of benzene rings is 2. The molecule has 0 saturated carbocycles. The number of carbonyl (C=O) groups excluding carboxylic acids is 3. The molecule has 0 aromatic heterocycles. The Labute approximate surface area is 232 Å². The van der Waals surface area contributed by atoms with Crippen LogP contribution in [0.5, 0.6) is 5.75 Å². The van der Waals surface area contributed by atoms with E-state index in [0.29, 0.717) is 21.9 Å². The Morgan fingerprint density at radius 1 is 1.15 bits per heavy atom. The van der Waals surface area contributed by atoms with Crippen molar-refractivity contribution in [3.8, 4) is 5.75 Å². The number of carbonyl (C=O) groups is 3. The largest absolute Gasteiger partial charge is 0.510 e. The molecule has 216 valence electrons. The van der Waals surface area contributed by atoms with Gasteiger partial charge in [-0.05, 0) is 55.4 Å². The summed E-state index contributed by atoms with van der Waals surface area (Å²) < 4.78 is 26.6. The second kappa shape index (κ2) is 8.81. The number of allylic oxidation sites excluding steroid dienone is 1. The van der Waals surface area contributed by atoms with E-state index in [1.54, 1.807) is 43.3 Å². The van der Waals surface area contributed by atoms with Crippen LogP contribution in [0.1, 0.15) is 27.9 Å². The number of phenolic OH excluding ortho intramolecular Hbond substituents is 1. The molecule has 0 radical (unpaired) electrons. The number of phenols is 1. The Bertz CT molecular complexity index is 1620. The van der Waals surface area contributed by atoms with Gasteiger partial charge >= 0.3 is 0 Å². The Kier molecular flexibility index (Phi) is 5.87. The van der Waals surface area contributed by atoms with Gasteiger partial charge in [0.2, 0.25) is 5.78 Å². The molecule has 6 rings (SSSR count). The first-order valence-corrected chi connectivity index (χ1v) is 13.2. The number of likely N-dealkylation sites (N-methyl/N-ethyl adjacent to an activating group) is 1. The maximum atomic E-state index is 13.9. The van der Waals surface area contributed by atoms with Crippen LogP contribution in [0, 0.1) is 11.8 Å². The van der Waals surface area contributed by atoms with E-state index in [1.807, 2.05) is 0 Å². The average molecular weight is 570 g/mol. The molecule has 1 amide bonds. The lowest BCUT2D eigenvalue weighted by Gasteiger charge is -2.50. The molecule has 1 heterocycles. The van der Waals surface area contributed by atoms with Crippen molar-refractivity contribution >= 4 is 28.2 Å². The van der Waals surface area contributed by atoms with Crippen LogP contribution >= 0.6 is 0 Å². The molecular weight excluding hydrogens is 540 g/mol. The lowest BCUT2D eigenvalue weighted by atomic mass is 9.58. The van der Waals surface area contributed by atoms with Crippen molar-refractivity contribution < 1.29 is 43.6 Å². The molecule has 0 bridgehead atoms. The minimum Gasteiger partial charge on any atom is -0.510 e. The normalized spacial score (nSPS) is 29.4. The van der Waals surface area contributed by atoms with Crippen LogP contribution in [0.4, 0.5) is 8.78 Å². The number of likely N-dealkylation sites (tertiary alicyclic amines) is 1. The van der Waals surface area contributed by atoms with Gasteiger partial charge in [0.15, 0.2) is 11.4 Å². The minimum atomic E-state index is -2.72. The fraction of sp³-hybridized carbons (Fsp3) is 0.414. The number of rotatable bonds is 4. The van der Waals surface area contributed by atoms with Crippen molar-refractivity contribution in [3.63, 3.8) is 0 Å². The van der Waals surface area contributed by atoms with Crippen molar-refractivity contribution in [3.05, 3.63) is 63.6 Å². The number of halogens is 2. The highest BCUT2D eigenvalue weighted by atomic mass is 19.3. The van der Waals surface area contributed by atoms with Gasteiger partial charge in [0, 0.05) is 23.4 Å². The number of Topliss-reactive ketones (excluding diaryl/α,β-unsaturated/α-hetero) is 2. The molecule has 0 spiro atoms. The van der Waals surface area contributed by atoms with Gasteiger partial charge in [0.25, 0.3) is 11.8 Å². The van der Waals surface area contributed by atoms with Gasteiger partial charge in [-0.15, -0.1) is 0 Å². The fourth-order valence-corrected chi connectivity index (χ4v) is 7.14. The van der Waals surface area contributed by atoms with Crippen LogP contribution in [-0.4, -0.2) is 92.4 Å². The first kappa shape index (κ1) is 27.3. The van der Waals surface area contributed by atoms with E-state index in [2.05, 4.69) is 0 Å². The number of aliphatic hydroxyl groups excluding tert-OH is 2. The third kappa shape index (κ3) is 3.81. The topological polar surface area (TPSA) is 165 Å². The van der Waals surface area contributed by atoms with E-state index >= 15 is 0 Å². The number of nitrogens with two attached hydrogens (primary N) is 1. The Balaban J connectivity index is 1.45. The van der Waals surface area contributed by atoms with E-state index < -0.39 is 64.0 Å². The van der Waals surface area contributed by atoms with Crippen LogP contribution in [0.15, 0.2) is 46.9 Å². The van der Waals surface area contributed by atoms with E-state index in [4.69, 9.17) is 5.73 Å². The molecule has 3 aliphatic carbocycles. The summed E-state index contributed by atoms with van der Waals surface area (Å²) in [5, 5.41) is 46.2. The molecule has 1 saturated heterocycles. The molecule has 1 fully saturated rings. The van der Waals surface area contributed by atoms with Crippen LogP contribution in [-0.2, 0) is 22.6 Å². The Hall–Kier alpha value is -3.87. The predicted molar refractivity (Wildman–Crippen MR) is 141 cm³/mol. The van der Waals surface area contributed by atoms with Crippen LogP contribution in [0.25, 0.3) is 10.8 Å². The molecule has 10 nitrogen and oxygen atoms in total. The van der Waals surface area contributed by atoms with Crippen molar-refractivity contribution in [2.24, 2.45) is 17.6 Å². The van der Waals surface area contributed by atoms with Crippen molar-refractivity contribution in [1.29, 1.82) is 0 Å². The SMILES string of the molecule is CN(C)[C@@H]1C(O)=C(C(N)=O)C(=O)[C@@]2(O)C(O)=C3C(=O)c4c(cc5ccc(CN6CC(F)(F)C6)cc5c4O)C[C@H]3C[C@@H]12.